The van der Waals surface area contributed by atoms with E-state index in [9.17, 15) is 9.59 Å². The lowest BCUT2D eigenvalue weighted by atomic mass is 10.2. The standard InChI is InChI=1S/C19H15NO4S2/c1-20-18(11-13(21)16-3-2-8-25-16)26-17(19(20)22)10-12-4-5-14-15(9-12)24-7-6-23-14/h2-5,8-11H,6-7H2,1H3/b17-10+,18-11-. The zero-order chi connectivity index (χ0) is 18.1. The highest BCUT2D eigenvalue weighted by Gasteiger charge is 2.11. The quantitative estimate of drug-likeness (QED) is 0.645. The zero-order valence-corrected chi connectivity index (χ0v) is 15.6. The van der Waals surface area contributed by atoms with Crippen molar-refractivity contribution in [3.05, 3.63) is 65.7 Å². The number of benzene rings is 1. The number of Topliss-reactive ketones (excluding diaryl/α,β-unsaturated/α-hetero) is 1. The molecule has 0 saturated heterocycles. The van der Waals surface area contributed by atoms with Crippen molar-refractivity contribution in [2.24, 2.45) is 7.05 Å². The van der Waals surface area contributed by atoms with Crippen LogP contribution >= 0.6 is 22.7 Å². The van der Waals surface area contributed by atoms with Gasteiger partial charge in [-0.05, 0) is 35.2 Å². The van der Waals surface area contributed by atoms with Crippen molar-refractivity contribution in [2.45, 2.75) is 0 Å². The van der Waals surface area contributed by atoms with Crippen LogP contribution < -0.4 is 24.2 Å². The summed E-state index contributed by atoms with van der Waals surface area (Å²) in [6.45, 7) is 1.06. The predicted octanol–water partition coefficient (Wildman–Crippen LogP) is 1.77. The summed E-state index contributed by atoms with van der Waals surface area (Å²) in [5.74, 6) is 1.30. The van der Waals surface area contributed by atoms with Gasteiger partial charge in [-0.1, -0.05) is 12.1 Å². The lowest BCUT2D eigenvalue weighted by Crippen LogP contribution is -2.29. The van der Waals surface area contributed by atoms with Gasteiger partial charge in [-0.25, -0.2) is 0 Å². The minimum Gasteiger partial charge on any atom is -0.486 e. The molecule has 0 fully saturated rings. The summed E-state index contributed by atoms with van der Waals surface area (Å²) in [7, 11) is 1.67. The van der Waals surface area contributed by atoms with E-state index in [0.717, 1.165) is 5.56 Å². The van der Waals surface area contributed by atoms with Gasteiger partial charge in [-0.15, -0.1) is 22.7 Å². The molecule has 0 radical (unpaired) electrons. The van der Waals surface area contributed by atoms with Crippen molar-refractivity contribution in [1.82, 2.24) is 4.57 Å². The molecule has 7 heteroatoms. The number of nitrogens with zero attached hydrogens (tertiary/aromatic N) is 1. The molecule has 4 rings (SSSR count). The molecule has 3 heterocycles. The topological polar surface area (TPSA) is 57.5 Å². The van der Waals surface area contributed by atoms with Crippen molar-refractivity contribution in [2.75, 3.05) is 13.2 Å². The molecular weight excluding hydrogens is 370 g/mol. The summed E-state index contributed by atoms with van der Waals surface area (Å²) in [4.78, 5) is 25.4. The number of hydrogen-bond acceptors (Lipinski definition) is 6. The summed E-state index contributed by atoms with van der Waals surface area (Å²) >= 11 is 2.68. The van der Waals surface area contributed by atoms with Gasteiger partial charge in [0.2, 0.25) is 0 Å². The van der Waals surface area contributed by atoms with Crippen molar-refractivity contribution < 1.29 is 14.3 Å². The smallest absolute Gasteiger partial charge is 0.268 e. The minimum absolute atomic E-state index is 0.0947. The van der Waals surface area contributed by atoms with Crippen molar-refractivity contribution in [3.8, 4) is 11.5 Å². The number of ether oxygens (including phenoxy) is 2. The molecule has 0 spiro atoms. The van der Waals surface area contributed by atoms with E-state index >= 15 is 0 Å². The predicted molar refractivity (Wildman–Crippen MR) is 103 cm³/mol. The average Bonchev–Trinajstić information content (AvgIpc) is 3.27. The van der Waals surface area contributed by atoms with Crippen LogP contribution in [0, 0.1) is 0 Å². The molecule has 0 amide bonds. The molecular formula is C19H15NO4S2. The highest BCUT2D eigenvalue weighted by molar-refractivity contribution is 7.12. The number of ketones is 1. The molecule has 0 atom stereocenters. The van der Waals surface area contributed by atoms with Crippen molar-refractivity contribution >= 4 is 40.6 Å². The van der Waals surface area contributed by atoms with Gasteiger partial charge >= 0.3 is 0 Å². The van der Waals surface area contributed by atoms with E-state index in [2.05, 4.69) is 0 Å². The van der Waals surface area contributed by atoms with Crippen molar-refractivity contribution in [3.63, 3.8) is 0 Å². The molecule has 26 heavy (non-hydrogen) atoms. The Morgan fingerprint density at radius 3 is 2.77 bits per heavy atom. The van der Waals surface area contributed by atoms with Crippen LogP contribution in [0.4, 0.5) is 0 Å². The molecule has 2 aromatic heterocycles. The van der Waals surface area contributed by atoms with E-state index in [0.29, 0.717) is 38.8 Å². The molecule has 0 saturated carbocycles. The van der Waals surface area contributed by atoms with Gasteiger partial charge in [0.05, 0.1) is 9.41 Å². The number of carbonyl (C=O) groups excluding carboxylic acids is 1. The molecule has 0 unspecified atom stereocenters. The summed E-state index contributed by atoms with van der Waals surface area (Å²) in [6.07, 6.45) is 3.32. The fourth-order valence-electron chi connectivity index (χ4n) is 2.61. The zero-order valence-electron chi connectivity index (χ0n) is 13.9. The normalized spacial score (nSPS) is 14.7. The molecule has 1 aromatic carbocycles. The molecule has 3 aromatic rings. The molecule has 1 aliphatic heterocycles. The number of aromatic nitrogens is 1. The lowest BCUT2D eigenvalue weighted by molar-refractivity contribution is 0.106. The monoisotopic (exact) mass is 385 g/mol. The molecule has 132 valence electrons. The average molecular weight is 385 g/mol. The second-order valence-corrected chi connectivity index (χ2v) is 7.71. The number of fused-ring (bicyclic) bond motifs is 1. The van der Waals surface area contributed by atoms with E-state index in [1.165, 1.54) is 33.3 Å². The van der Waals surface area contributed by atoms with Crippen LogP contribution in [-0.2, 0) is 7.05 Å². The largest absolute Gasteiger partial charge is 0.486 e. The maximum Gasteiger partial charge on any atom is 0.268 e. The van der Waals surface area contributed by atoms with Crippen LogP contribution in [0.3, 0.4) is 0 Å². The maximum absolute atomic E-state index is 12.5. The number of hydrogen-bond donors (Lipinski definition) is 0. The molecule has 1 aliphatic rings. The summed E-state index contributed by atoms with van der Waals surface area (Å²) in [5, 5.41) is 1.86. The number of thiazole rings is 1. The molecule has 0 bridgehead atoms. The van der Waals surface area contributed by atoms with E-state index in [-0.39, 0.29) is 11.3 Å². The third-order valence-corrected chi connectivity index (χ3v) is 5.94. The lowest BCUT2D eigenvalue weighted by Gasteiger charge is -2.18. The Morgan fingerprint density at radius 2 is 2.00 bits per heavy atom. The fourth-order valence-corrected chi connectivity index (χ4v) is 4.28. The van der Waals surface area contributed by atoms with Crippen LogP contribution in [0.1, 0.15) is 15.2 Å². The Labute approximate surface area is 157 Å². The second-order valence-electron chi connectivity index (χ2n) is 5.70. The second kappa shape index (κ2) is 6.93. The Morgan fingerprint density at radius 1 is 1.19 bits per heavy atom. The first-order valence-electron chi connectivity index (χ1n) is 7.98. The van der Waals surface area contributed by atoms with Crippen molar-refractivity contribution in [1.29, 1.82) is 0 Å². The van der Waals surface area contributed by atoms with E-state index < -0.39 is 0 Å². The van der Waals surface area contributed by atoms with Gasteiger partial charge in [0.1, 0.15) is 17.9 Å². The number of rotatable bonds is 3. The van der Waals surface area contributed by atoms with Crippen LogP contribution in [-0.4, -0.2) is 23.6 Å². The van der Waals surface area contributed by atoms with E-state index in [1.54, 1.807) is 19.2 Å². The van der Waals surface area contributed by atoms with Gasteiger partial charge in [0.25, 0.3) is 5.56 Å². The Hall–Kier alpha value is -2.64. The van der Waals surface area contributed by atoms with Crippen LogP contribution in [0.2, 0.25) is 0 Å². The van der Waals surface area contributed by atoms with Gasteiger partial charge in [-0.3, -0.25) is 9.59 Å². The fraction of sp³-hybridized carbons (Fsp3) is 0.158. The van der Waals surface area contributed by atoms with Gasteiger partial charge < -0.3 is 14.0 Å². The Balaban J connectivity index is 1.75. The SMILES string of the molecule is Cn1c(=O)/c(=C\c2ccc3c(c2)OCCO3)s/c1=C\C(=O)c1cccs1. The number of thiophene rings is 1. The highest BCUT2D eigenvalue weighted by Crippen LogP contribution is 2.30. The van der Waals surface area contributed by atoms with Crippen LogP contribution in [0.5, 0.6) is 11.5 Å². The van der Waals surface area contributed by atoms with Gasteiger partial charge in [-0.2, -0.15) is 0 Å². The molecule has 5 nitrogen and oxygen atoms in total. The summed E-state index contributed by atoms with van der Waals surface area (Å²) in [6, 6.07) is 9.18. The number of carbonyl (C=O) groups is 1. The first-order valence-corrected chi connectivity index (χ1v) is 9.68. The first-order chi connectivity index (χ1) is 12.6. The third-order valence-electron chi connectivity index (χ3n) is 3.94. The summed E-state index contributed by atoms with van der Waals surface area (Å²) < 4.78 is 13.8. The van der Waals surface area contributed by atoms with E-state index in [4.69, 9.17) is 9.47 Å². The molecule has 0 N–H and O–H groups in total. The Bertz CT molecular complexity index is 1140. The first kappa shape index (κ1) is 16.8. The van der Waals surface area contributed by atoms with Gasteiger partial charge in [0.15, 0.2) is 17.3 Å². The molecule has 0 aliphatic carbocycles. The van der Waals surface area contributed by atoms with Crippen LogP contribution in [0.25, 0.3) is 12.2 Å². The minimum atomic E-state index is -0.130. The Kier molecular flexibility index (Phi) is 4.48. The van der Waals surface area contributed by atoms with Gasteiger partial charge in [0, 0.05) is 13.1 Å². The summed E-state index contributed by atoms with van der Waals surface area (Å²) in [5.41, 5.74) is 0.722. The third kappa shape index (κ3) is 3.23. The van der Waals surface area contributed by atoms with E-state index in [1.807, 2.05) is 29.6 Å². The van der Waals surface area contributed by atoms with Crippen LogP contribution in [0.15, 0.2) is 40.5 Å². The maximum atomic E-state index is 12.5. The highest BCUT2D eigenvalue weighted by atomic mass is 32.1.